The molecule has 1 unspecified atom stereocenters. The lowest BCUT2D eigenvalue weighted by Gasteiger charge is -2.16. The van der Waals surface area contributed by atoms with Gasteiger partial charge in [0.15, 0.2) is 0 Å². The van der Waals surface area contributed by atoms with Crippen LogP contribution in [0.4, 0.5) is 0 Å². The van der Waals surface area contributed by atoms with E-state index < -0.39 is 0 Å². The Morgan fingerprint density at radius 3 is 2.83 bits per heavy atom. The molecule has 102 valence electrons. The molecule has 0 spiro atoms. The minimum absolute atomic E-state index is 0.162. The van der Waals surface area contributed by atoms with E-state index in [0.29, 0.717) is 6.61 Å². The van der Waals surface area contributed by atoms with Crippen LogP contribution < -0.4 is 10.1 Å². The van der Waals surface area contributed by atoms with Gasteiger partial charge in [-0.05, 0) is 25.5 Å². The van der Waals surface area contributed by atoms with Crippen molar-refractivity contribution in [2.24, 2.45) is 5.92 Å². The maximum Gasteiger partial charge on any atom is 0.126 e. The quantitative estimate of drug-likeness (QED) is 0.698. The molecule has 0 aromatic heterocycles. The summed E-state index contributed by atoms with van der Waals surface area (Å²) in [6, 6.07) is 6.21. The van der Waals surface area contributed by atoms with Crippen LogP contribution in [0, 0.1) is 12.8 Å². The number of aliphatic hydroxyl groups excluding tert-OH is 1. The van der Waals surface area contributed by atoms with Crippen molar-refractivity contribution in [1.82, 2.24) is 5.32 Å². The van der Waals surface area contributed by atoms with Crippen LogP contribution in [0.5, 0.6) is 5.75 Å². The first-order valence-electron chi connectivity index (χ1n) is 6.71. The summed E-state index contributed by atoms with van der Waals surface area (Å²) in [7, 11) is 0. The molecule has 0 aliphatic carbocycles. The molecule has 1 rings (SSSR count). The Hall–Kier alpha value is -1.06. The summed E-state index contributed by atoms with van der Waals surface area (Å²) in [6.07, 6.45) is 1.13. The normalized spacial score (nSPS) is 12.4. The number of hydrogen-bond acceptors (Lipinski definition) is 3. The van der Waals surface area contributed by atoms with E-state index in [2.05, 4.69) is 37.4 Å². The summed E-state index contributed by atoms with van der Waals surface area (Å²) in [6.45, 7) is 8.76. The maximum absolute atomic E-state index is 9.03. The lowest BCUT2D eigenvalue weighted by molar-refractivity contribution is 0.173. The largest absolute Gasteiger partial charge is 0.493 e. The summed E-state index contributed by atoms with van der Waals surface area (Å²) in [5.41, 5.74) is 2.34. The van der Waals surface area contributed by atoms with Crippen LogP contribution >= 0.6 is 0 Å². The first-order valence-corrected chi connectivity index (χ1v) is 6.71. The maximum atomic E-state index is 9.03. The van der Waals surface area contributed by atoms with E-state index in [1.165, 1.54) is 5.56 Å². The van der Waals surface area contributed by atoms with Crippen LogP contribution in [0.2, 0.25) is 0 Å². The van der Waals surface area contributed by atoms with Crippen molar-refractivity contribution in [2.75, 3.05) is 19.8 Å². The Balaban J connectivity index is 2.67. The zero-order valence-electron chi connectivity index (χ0n) is 11.7. The number of hydrogen-bond donors (Lipinski definition) is 2. The predicted octanol–water partition coefficient (Wildman–Crippen LogP) is 2.50. The number of aryl methyl sites for hydroxylation is 1. The van der Waals surface area contributed by atoms with Gasteiger partial charge in [-0.25, -0.2) is 0 Å². The number of ether oxygens (including phenoxy) is 1. The van der Waals surface area contributed by atoms with Crippen molar-refractivity contribution in [3.05, 3.63) is 29.3 Å². The molecule has 0 heterocycles. The molecule has 0 aliphatic heterocycles. The average molecular weight is 251 g/mol. The lowest BCUT2D eigenvalue weighted by Crippen LogP contribution is -2.17. The van der Waals surface area contributed by atoms with Crippen molar-refractivity contribution in [2.45, 2.75) is 33.7 Å². The van der Waals surface area contributed by atoms with E-state index in [9.17, 15) is 0 Å². The number of para-hydroxylation sites is 1. The molecule has 18 heavy (non-hydrogen) atoms. The Kier molecular flexibility index (Phi) is 6.76. The van der Waals surface area contributed by atoms with Gasteiger partial charge < -0.3 is 15.2 Å². The van der Waals surface area contributed by atoms with E-state index in [-0.39, 0.29) is 12.5 Å². The minimum atomic E-state index is 0.162. The highest BCUT2D eigenvalue weighted by atomic mass is 16.5. The minimum Gasteiger partial charge on any atom is -0.493 e. The Labute approximate surface area is 110 Å². The van der Waals surface area contributed by atoms with Crippen molar-refractivity contribution < 1.29 is 9.84 Å². The van der Waals surface area contributed by atoms with E-state index in [0.717, 1.165) is 30.8 Å². The average Bonchev–Trinajstić information content (AvgIpc) is 2.38. The molecule has 0 radical (unpaired) electrons. The molecule has 1 aromatic rings. The SMILES string of the molecule is CCCNCc1cccc(C)c1OCC(C)CO. The van der Waals surface area contributed by atoms with Gasteiger partial charge in [0.25, 0.3) is 0 Å². The monoisotopic (exact) mass is 251 g/mol. The van der Waals surface area contributed by atoms with Crippen LogP contribution in [0.3, 0.4) is 0 Å². The van der Waals surface area contributed by atoms with Crippen LogP contribution in [0.15, 0.2) is 18.2 Å². The van der Waals surface area contributed by atoms with E-state index in [1.807, 2.05) is 6.92 Å². The topological polar surface area (TPSA) is 41.5 Å². The third-order valence-electron chi connectivity index (χ3n) is 2.86. The highest BCUT2D eigenvalue weighted by Crippen LogP contribution is 2.23. The molecule has 1 aromatic carbocycles. The Morgan fingerprint density at radius 1 is 1.39 bits per heavy atom. The van der Waals surface area contributed by atoms with Gasteiger partial charge in [-0.15, -0.1) is 0 Å². The number of nitrogens with one attached hydrogen (secondary N) is 1. The third-order valence-corrected chi connectivity index (χ3v) is 2.86. The summed E-state index contributed by atoms with van der Waals surface area (Å²) in [4.78, 5) is 0. The van der Waals surface area contributed by atoms with E-state index >= 15 is 0 Å². The summed E-state index contributed by atoms with van der Waals surface area (Å²) in [5, 5.41) is 12.4. The van der Waals surface area contributed by atoms with E-state index in [1.54, 1.807) is 0 Å². The molecular weight excluding hydrogens is 226 g/mol. The second-order valence-corrected chi connectivity index (χ2v) is 4.84. The summed E-state index contributed by atoms with van der Waals surface area (Å²) in [5.74, 6) is 1.13. The second-order valence-electron chi connectivity index (χ2n) is 4.84. The van der Waals surface area contributed by atoms with Gasteiger partial charge in [0.05, 0.1) is 6.61 Å². The van der Waals surface area contributed by atoms with Crippen LogP contribution in [-0.2, 0) is 6.54 Å². The smallest absolute Gasteiger partial charge is 0.126 e. The fourth-order valence-corrected chi connectivity index (χ4v) is 1.74. The number of aliphatic hydroxyl groups is 1. The number of benzene rings is 1. The van der Waals surface area contributed by atoms with Gasteiger partial charge in [0.2, 0.25) is 0 Å². The fraction of sp³-hybridized carbons (Fsp3) is 0.600. The molecule has 0 saturated carbocycles. The van der Waals surface area contributed by atoms with Crippen molar-refractivity contribution in [1.29, 1.82) is 0 Å². The van der Waals surface area contributed by atoms with Gasteiger partial charge in [-0.1, -0.05) is 32.0 Å². The first-order chi connectivity index (χ1) is 8.69. The van der Waals surface area contributed by atoms with Crippen LogP contribution in [-0.4, -0.2) is 24.9 Å². The second kappa shape index (κ2) is 8.11. The summed E-state index contributed by atoms with van der Waals surface area (Å²) >= 11 is 0. The molecule has 0 fully saturated rings. The molecule has 1 atom stereocenters. The lowest BCUT2D eigenvalue weighted by atomic mass is 10.1. The van der Waals surface area contributed by atoms with Crippen LogP contribution in [0.1, 0.15) is 31.4 Å². The standard InChI is InChI=1S/C15H25NO2/c1-4-8-16-9-14-7-5-6-13(3)15(14)18-11-12(2)10-17/h5-7,12,16-17H,4,8-11H2,1-3H3. The zero-order valence-corrected chi connectivity index (χ0v) is 11.7. The van der Waals surface area contributed by atoms with Crippen LogP contribution in [0.25, 0.3) is 0 Å². The summed E-state index contributed by atoms with van der Waals surface area (Å²) < 4.78 is 5.85. The van der Waals surface area contributed by atoms with Gasteiger partial charge in [-0.3, -0.25) is 0 Å². The molecule has 3 nitrogen and oxygen atoms in total. The molecule has 2 N–H and O–H groups in total. The Bertz CT molecular complexity index is 352. The van der Waals surface area contributed by atoms with Gasteiger partial charge in [0.1, 0.15) is 5.75 Å². The van der Waals surface area contributed by atoms with Crippen molar-refractivity contribution >= 4 is 0 Å². The number of rotatable bonds is 8. The first kappa shape index (κ1) is 15.0. The van der Waals surface area contributed by atoms with Crippen molar-refractivity contribution in [3.63, 3.8) is 0 Å². The van der Waals surface area contributed by atoms with Gasteiger partial charge in [0, 0.05) is 24.6 Å². The molecule has 0 amide bonds. The van der Waals surface area contributed by atoms with Crippen molar-refractivity contribution in [3.8, 4) is 5.75 Å². The predicted molar refractivity (Wildman–Crippen MR) is 74.9 cm³/mol. The highest BCUT2D eigenvalue weighted by molar-refractivity contribution is 5.40. The third kappa shape index (κ3) is 4.67. The molecule has 0 saturated heterocycles. The molecule has 0 bridgehead atoms. The van der Waals surface area contributed by atoms with E-state index in [4.69, 9.17) is 9.84 Å². The zero-order chi connectivity index (χ0) is 13.4. The van der Waals surface area contributed by atoms with Gasteiger partial charge in [-0.2, -0.15) is 0 Å². The molecule has 3 heteroatoms. The van der Waals surface area contributed by atoms with Gasteiger partial charge >= 0.3 is 0 Å². The fourth-order valence-electron chi connectivity index (χ4n) is 1.74. The molecular formula is C15H25NO2. The highest BCUT2D eigenvalue weighted by Gasteiger charge is 2.08. The Morgan fingerprint density at radius 2 is 2.17 bits per heavy atom. The molecule has 0 aliphatic rings.